The number of nitrogens with two attached hydrogens (primary N) is 1. The Morgan fingerprint density at radius 1 is 1.56 bits per heavy atom. The van der Waals surface area contributed by atoms with Gasteiger partial charge >= 0.3 is 0 Å². The monoisotopic (exact) mass is 128 g/mol. The van der Waals surface area contributed by atoms with E-state index in [-0.39, 0.29) is 0 Å². The molecule has 1 aliphatic rings. The highest BCUT2D eigenvalue weighted by atomic mass is 15.1. The lowest BCUT2D eigenvalue weighted by Gasteiger charge is -2.11. The fourth-order valence-corrected chi connectivity index (χ4v) is 0.901. The molecule has 0 unspecified atom stereocenters. The maximum atomic E-state index is 5.40. The molecule has 2 nitrogen and oxygen atoms in total. The molecule has 0 aromatic carbocycles. The second-order valence-corrected chi connectivity index (χ2v) is 2.99. The largest absolute Gasteiger partial charge is 0.318 e. The summed E-state index contributed by atoms with van der Waals surface area (Å²) in [6.07, 6.45) is 4.27. The van der Waals surface area contributed by atoms with Crippen molar-refractivity contribution in [2.24, 2.45) is 11.7 Å². The Labute approximate surface area is 57.0 Å². The van der Waals surface area contributed by atoms with Crippen LogP contribution in [0.2, 0.25) is 0 Å². The van der Waals surface area contributed by atoms with Gasteiger partial charge in [-0.2, -0.15) is 0 Å². The predicted molar refractivity (Wildman–Crippen MR) is 39.0 cm³/mol. The van der Waals surface area contributed by atoms with Gasteiger partial charge in [0.1, 0.15) is 0 Å². The standard InChI is InChI=1S/C7H16N2/c1-9(6-8)5-4-7-2-3-7/h7H,2-6,8H2,1H3. The Hall–Kier alpha value is -0.0800. The Kier molecular flexibility index (Phi) is 2.49. The van der Waals surface area contributed by atoms with Crippen LogP contribution in [0.5, 0.6) is 0 Å². The first-order valence-electron chi connectivity index (χ1n) is 3.71. The van der Waals surface area contributed by atoms with E-state index in [1.54, 1.807) is 0 Å². The summed E-state index contributed by atoms with van der Waals surface area (Å²) in [6, 6.07) is 0. The molecule has 1 rings (SSSR count). The Morgan fingerprint density at radius 3 is 2.67 bits per heavy atom. The fourth-order valence-electron chi connectivity index (χ4n) is 0.901. The molecule has 1 aliphatic carbocycles. The molecule has 2 N–H and O–H groups in total. The van der Waals surface area contributed by atoms with Crippen molar-refractivity contribution in [1.29, 1.82) is 0 Å². The smallest absolute Gasteiger partial charge is 0.0452 e. The lowest BCUT2D eigenvalue weighted by molar-refractivity contribution is 0.332. The van der Waals surface area contributed by atoms with Crippen LogP contribution in [-0.2, 0) is 0 Å². The van der Waals surface area contributed by atoms with Crippen molar-refractivity contribution in [2.45, 2.75) is 19.3 Å². The van der Waals surface area contributed by atoms with E-state index in [1.807, 2.05) is 0 Å². The molecule has 0 aromatic heterocycles. The van der Waals surface area contributed by atoms with Gasteiger partial charge in [-0.15, -0.1) is 0 Å². The molecule has 0 amide bonds. The minimum Gasteiger partial charge on any atom is -0.318 e. The first kappa shape index (κ1) is 7.03. The molecule has 0 aliphatic heterocycles. The third kappa shape index (κ3) is 2.82. The van der Waals surface area contributed by atoms with Gasteiger partial charge in [-0.05, 0) is 25.9 Å². The minimum absolute atomic E-state index is 0.701. The van der Waals surface area contributed by atoms with Crippen LogP contribution < -0.4 is 5.73 Å². The average Bonchev–Trinajstić information content (AvgIpc) is 2.65. The third-order valence-corrected chi connectivity index (χ3v) is 1.93. The summed E-state index contributed by atoms with van der Waals surface area (Å²) in [6.45, 7) is 1.88. The van der Waals surface area contributed by atoms with Crippen LogP contribution in [0.3, 0.4) is 0 Å². The summed E-state index contributed by atoms with van der Waals surface area (Å²) in [5, 5.41) is 0. The van der Waals surface area contributed by atoms with E-state index in [0.717, 1.165) is 5.92 Å². The molecule has 0 bridgehead atoms. The van der Waals surface area contributed by atoms with Crippen LogP contribution in [0, 0.1) is 5.92 Å². The Bertz CT molecular complexity index is 79.0. The molecule has 0 saturated heterocycles. The van der Waals surface area contributed by atoms with Crippen LogP contribution >= 0.6 is 0 Å². The molecule has 0 spiro atoms. The maximum absolute atomic E-state index is 5.40. The topological polar surface area (TPSA) is 29.3 Å². The van der Waals surface area contributed by atoms with Gasteiger partial charge < -0.3 is 5.73 Å². The maximum Gasteiger partial charge on any atom is 0.0452 e. The van der Waals surface area contributed by atoms with E-state index in [1.165, 1.54) is 25.8 Å². The second-order valence-electron chi connectivity index (χ2n) is 2.99. The predicted octanol–water partition coefficient (Wildman–Crippen LogP) is 0.634. The molecule has 0 radical (unpaired) electrons. The van der Waals surface area contributed by atoms with Crippen LogP contribution in [0.4, 0.5) is 0 Å². The van der Waals surface area contributed by atoms with Crippen LogP contribution in [0.1, 0.15) is 19.3 Å². The van der Waals surface area contributed by atoms with Crippen molar-refractivity contribution in [3.8, 4) is 0 Å². The summed E-state index contributed by atoms with van der Waals surface area (Å²) in [7, 11) is 2.07. The first-order valence-corrected chi connectivity index (χ1v) is 3.71. The molecule has 9 heavy (non-hydrogen) atoms. The number of hydrogen-bond acceptors (Lipinski definition) is 2. The summed E-state index contributed by atoms with van der Waals surface area (Å²) >= 11 is 0. The molecule has 0 heterocycles. The highest BCUT2D eigenvalue weighted by Crippen LogP contribution is 2.32. The number of nitrogens with zero attached hydrogens (tertiary/aromatic N) is 1. The minimum atomic E-state index is 0.701. The van der Waals surface area contributed by atoms with Crippen molar-refractivity contribution in [1.82, 2.24) is 4.90 Å². The van der Waals surface area contributed by atoms with Gasteiger partial charge in [0.25, 0.3) is 0 Å². The first-order chi connectivity index (χ1) is 4.33. The van der Waals surface area contributed by atoms with Crippen molar-refractivity contribution in [3.63, 3.8) is 0 Å². The van der Waals surface area contributed by atoms with E-state index in [9.17, 15) is 0 Å². The van der Waals surface area contributed by atoms with Gasteiger partial charge in [0.05, 0.1) is 0 Å². The van der Waals surface area contributed by atoms with Crippen molar-refractivity contribution in [3.05, 3.63) is 0 Å². The molecule has 0 atom stereocenters. The fraction of sp³-hybridized carbons (Fsp3) is 1.00. The van der Waals surface area contributed by atoms with E-state index in [4.69, 9.17) is 5.73 Å². The van der Waals surface area contributed by atoms with E-state index in [0.29, 0.717) is 6.67 Å². The van der Waals surface area contributed by atoms with E-state index >= 15 is 0 Å². The van der Waals surface area contributed by atoms with Crippen LogP contribution in [0.15, 0.2) is 0 Å². The molecule has 2 heteroatoms. The Morgan fingerprint density at radius 2 is 2.22 bits per heavy atom. The SMILES string of the molecule is CN(CN)CCC1CC1. The summed E-state index contributed by atoms with van der Waals surface area (Å²) in [5.41, 5.74) is 5.40. The normalized spacial score (nSPS) is 19.0. The summed E-state index contributed by atoms with van der Waals surface area (Å²) in [4.78, 5) is 2.16. The van der Waals surface area contributed by atoms with E-state index in [2.05, 4.69) is 11.9 Å². The highest BCUT2D eigenvalue weighted by molar-refractivity contribution is 4.73. The summed E-state index contributed by atoms with van der Waals surface area (Å²) < 4.78 is 0. The summed E-state index contributed by atoms with van der Waals surface area (Å²) in [5.74, 6) is 1.04. The zero-order valence-corrected chi connectivity index (χ0v) is 6.14. The lowest BCUT2D eigenvalue weighted by atomic mass is 10.3. The Balaban J connectivity index is 1.90. The molecular weight excluding hydrogens is 112 g/mol. The second kappa shape index (κ2) is 3.18. The van der Waals surface area contributed by atoms with E-state index < -0.39 is 0 Å². The average molecular weight is 128 g/mol. The van der Waals surface area contributed by atoms with Crippen molar-refractivity contribution >= 4 is 0 Å². The zero-order valence-electron chi connectivity index (χ0n) is 6.14. The number of hydrogen-bond donors (Lipinski definition) is 1. The molecule has 54 valence electrons. The van der Waals surface area contributed by atoms with Gasteiger partial charge in [0.2, 0.25) is 0 Å². The van der Waals surface area contributed by atoms with Crippen LogP contribution in [-0.4, -0.2) is 25.2 Å². The van der Waals surface area contributed by atoms with Gasteiger partial charge in [-0.3, -0.25) is 4.90 Å². The van der Waals surface area contributed by atoms with Gasteiger partial charge in [-0.1, -0.05) is 12.8 Å². The highest BCUT2D eigenvalue weighted by Gasteiger charge is 2.20. The van der Waals surface area contributed by atoms with Crippen molar-refractivity contribution < 1.29 is 0 Å². The molecule has 1 fully saturated rings. The number of rotatable bonds is 4. The molecule has 1 saturated carbocycles. The zero-order chi connectivity index (χ0) is 6.69. The third-order valence-electron chi connectivity index (χ3n) is 1.93. The van der Waals surface area contributed by atoms with Crippen molar-refractivity contribution in [2.75, 3.05) is 20.3 Å². The molecular formula is C7H16N2. The quantitative estimate of drug-likeness (QED) is 0.563. The lowest BCUT2D eigenvalue weighted by Crippen LogP contribution is -2.26. The van der Waals surface area contributed by atoms with Gasteiger partial charge in [0, 0.05) is 6.67 Å². The van der Waals surface area contributed by atoms with Gasteiger partial charge in [0.15, 0.2) is 0 Å². The van der Waals surface area contributed by atoms with Gasteiger partial charge in [-0.25, -0.2) is 0 Å². The van der Waals surface area contributed by atoms with Crippen LogP contribution in [0.25, 0.3) is 0 Å². The molecule has 0 aromatic rings.